The van der Waals surface area contributed by atoms with Crippen LogP contribution in [0.15, 0.2) is 18.2 Å². The topological polar surface area (TPSA) is 42.7 Å². The van der Waals surface area contributed by atoms with E-state index in [9.17, 15) is 0 Å². The maximum absolute atomic E-state index is 4.41. The van der Waals surface area contributed by atoms with Gasteiger partial charge in [-0.05, 0) is 31.0 Å². The summed E-state index contributed by atoms with van der Waals surface area (Å²) in [7, 11) is 3.72. The molecule has 1 heterocycles. The van der Waals surface area contributed by atoms with Gasteiger partial charge in [0.1, 0.15) is 0 Å². The molecule has 0 spiro atoms. The minimum atomic E-state index is 0.649. The molecule has 0 saturated heterocycles. The monoisotopic (exact) mass is 216 g/mol. The van der Waals surface area contributed by atoms with Gasteiger partial charge in [0.05, 0.1) is 0 Å². The molecule has 2 rings (SSSR count). The Balaban J connectivity index is 2.49. The van der Waals surface area contributed by atoms with Crippen molar-refractivity contribution in [1.82, 2.24) is 14.8 Å². The lowest BCUT2D eigenvalue weighted by Gasteiger charge is -2.03. The predicted molar refractivity (Wildman–Crippen MR) is 65.5 cm³/mol. The average molecular weight is 216 g/mol. The lowest BCUT2D eigenvalue weighted by Crippen LogP contribution is -1.95. The van der Waals surface area contributed by atoms with E-state index in [0.717, 1.165) is 11.4 Å². The zero-order valence-electron chi connectivity index (χ0n) is 10.1. The van der Waals surface area contributed by atoms with Crippen LogP contribution in [0.2, 0.25) is 0 Å². The number of hydrogen-bond acceptors (Lipinski definition) is 3. The van der Waals surface area contributed by atoms with Gasteiger partial charge in [0, 0.05) is 19.7 Å². The third-order valence-corrected chi connectivity index (χ3v) is 2.75. The van der Waals surface area contributed by atoms with Crippen molar-refractivity contribution in [3.05, 3.63) is 29.3 Å². The standard InChI is InChI=1S/C12H16N4/c1-8-5-6-10(7-9(8)2)11-14-12(13-3)15-16(11)4/h5-7H,1-4H3,(H,13,15). The van der Waals surface area contributed by atoms with Crippen LogP contribution in [0.4, 0.5) is 5.95 Å². The summed E-state index contributed by atoms with van der Waals surface area (Å²) in [5, 5.41) is 7.19. The van der Waals surface area contributed by atoms with E-state index in [-0.39, 0.29) is 0 Å². The number of hydrogen-bond donors (Lipinski definition) is 1. The Morgan fingerprint density at radius 1 is 1.19 bits per heavy atom. The smallest absolute Gasteiger partial charge is 0.242 e. The van der Waals surface area contributed by atoms with Gasteiger partial charge in [0.2, 0.25) is 5.95 Å². The van der Waals surface area contributed by atoms with Crippen molar-refractivity contribution < 1.29 is 0 Å². The molecule has 0 saturated carbocycles. The Kier molecular flexibility index (Phi) is 2.64. The molecule has 0 aliphatic carbocycles. The maximum atomic E-state index is 4.41. The summed E-state index contributed by atoms with van der Waals surface area (Å²) in [4.78, 5) is 4.41. The zero-order valence-corrected chi connectivity index (χ0v) is 10.1. The second-order valence-electron chi connectivity index (χ2n) is 3.93. The van der Waals surface area contributed by atoms with E-state index in [2.05, 4.69) is 47.4 Å². The lowest BCUT2D eigenvalue weighted by atomic mass is 10.1. The van der Waals surface area contributed by atoms with Crippen LogP contribution in [0.1, 0.15) is 11.1 Å². The normalized spacial score (nSPS) is 10.5. The van der Waals surface area contributed by atoms with E-state index in [4.69, 9.17) is 0 Å². The van der Waals surface area contributed by atoms with Gasteiger partial charge in [-0.15, -0.1) is 5.10 Å². The molecular formula is C12H16N4. The highest BCUT2D eigenvalue weighted by molar-refractivity contribution is 5.58. The van der Waals surface area contributed by atoms with Crippen molar-refractivity contribution in [2.24, 2.45) is 7.05 Å². The highest BCUT2D eigenvalue weighted by atomic mass is 15.4. The minimum absolute atomic E-state index is 0.649. The van der Waals surface area contributed by atoms with Gasteiger partial charge in [-0.1, -0.05) is 12.1 Å². The van der Waals surface area contributed by atoms with E-state index < -0.39 is 0 Å². The molecule has 1 N–H and O–H groups in total. The molecule has 0 unspecified atom stereocenters. The first-order chi connectivity index (χ1) is 7.61. The second-order valence-corrected chi connectivity index (χ2v) is 3.93. The van der Waals surface area contributed by atoms with Gasteiger partial charge >= 0.3 is 0 Å². The highest BCUT2D eigenvalue weighted by Crippen LogP contribution is 2.20. The number of rotatable bonds is 2. The summed E-state index contributed by atoms with van der Waals surface area (Å²) < 4.78 is 1.79. The summed E-state index contributed by atoms with van der Waals surface area (Å²) >= 11 is 0. The Hall–Kier alpha value is -1.84. The Morgan fingerprint density at radius 2 is 1.94 bits per heavy atom. The third-order valence-electron chi connectivity index (χ3n) is 2.75. The molecule has 0 amide bonds. The molecule has 4 heteroatoms. The second kappa shape index (κ2) is 3.96. The van der Waals surface area contributed by atoms with Crippen LogP contribution in [0, 0.1) is 13.8 Å². The Labute approximate surface area is 95.3 Å². The summed E-state index contributed by atoms with van der Waals surface area (Å²) in [6.07, 6.45) is 0. The lowest BCUT2D eigenvalue weighted by molar-refractivity contribution is 0.777. The number of benzene rings is 1. The Bertz CT molecular complexity index is 514. The van der Waals surface area contributed by atoms with Crippen molar-refractivity contribution >= 4 is 5.95 Å². The molecule has 84 valence electrons. The first-order valence-electron chi connectivity index (χ1n) is 5.28. The quantitative estimate of drug-likeness (QED) is 0.836. The van der Waals surface area contributed by atoms with Crippen molar-refractivity contribution in [3.8, 4) is 11.4 Å². The first-order valence-corrected chi connectivity index (χ1v) is 5.28. The maximum Gasteiger partial charge on any atom is 0.242 e. The fourth-order valence-electron chi connectivity index (χ4n) is 1.62. The highest BCUT2D eigenvalue weighted by Gasteiger charge is 2.08. The van der Waals surface area contributed by atoms with Gasteiger partial charge < -0.3 is 5.32 Å². The summed E-state index contributed by atoms with van der Waals surface area (Å²) in [6.45, 7) is 4.21. The molecule has 1 aromatic carbocycles. The molecule has 16 heavy (non-hydrogen) atoms. The number of anilines is 1. The Morgan fingerprint density at radius 3 is 2.50 bits per heavy atom. The fraction of sp³-hybridized carbons (Fsp3) is 0.333. The van der Waals surface area contributed by atoms with Crippen LogP contribution in [0.3, 0.4) is 0 Å². The zero-order chi connectivity index (χ0) is 11.7. The number of aryl methyl sites for hydroxylation is 3. The molecule has 0 aliphatic rings. The van der Waals surface area contributed by atoms with Crippen LogP contribution < -0.4 is 5.32 Å². The molecule has 0 aliphatic heterocycles. The largest absolute Gasteiger partial charge is 0.356 e. The molecule has 0 atom stereocenters. The minimum Gasteiger partial charge on any atom is -0.356 e. The van der Waals surface area contributed by atoms with Gasteiger partial charge in [0.25, 0.3) is 0 Å². The number of nitrogens with one attached hydrogen (secondary N) is 1. The fourth-order valence-corrected chi connectivity index (χ4v) is 1.62. The van der Waals surface area contributed by atoms with E-state index in [1.165, 1.54) is 11.1 Å². The van der Waals surface area contributed by atoms with E-state index in [1.807, 2.05) is 14.1 Å². The van der Waals surface area contributed by atoms with E-state index in [1.54, 1.807) is 4.68 Å². The van der Waals surface area contributed by atoms with Crippen LogP contribution >= 0.6 is 0 Å². The molecular weight excluding hydrogens is 200 g/mol. The predicted octanol–water partition coefficient (Wildman–Crippen LogP) is 2.14. The van der Waals surface area contributed by atoms with Crippen molar-refractivity contribution in [2.75, 3.05) is 12.4 Å². The molecule has 0 radical (unpaired) electrons. The summed E-state index contributed by atoms with van der Waals surface area (Å²) in [6, 6.07) is 6.32. The van der Waals surface area contributed by atoms with Gasteiger partial charge in [-0.25, -0.2) is 4.68 Å². The van der Waals surface area contributed by atoms with Gasteiger partial charge in [-0.2, -0.15) is 4.98 Å². The molecule has 0 bridgehead atoms. The van der Waals surface area contributed by atoms with Crippen molar-refractivity contribution in [2.45, 2.75) is 13.8 Å². The molecule has 2 aromatic rings. The van der Waals surface area contributed by atoms with E-state index >= 15 is 0 Å². The van der Waals surface area contributed by atoms with E-state index in [0.29, 0.717) is 5.95 Å². The third kappa shape index (κ3) is 1.78. The van der Waals surface area contributed by atoms with Gasteiger partial charge in [0.15, 0.2) is 5.82 Å². The van der Waals surface area contributed by atoms with Crippen LogP contribution in [-0.4, -0.2) is 21.8 Å². The van der Waals surface area contributed by atoms with Gasteiger partial charge in [-0.3, -0.25) is 0 Å². The SMILES string of the molecule is CNc1nc(-c2ccc(C)c(C)c2)n(C)n1. The van der Waals surface area contributed by atoms with Crippen LogP contribution in [0.25, 0.3) is 11.4 Å². The first kappa shape index (κ1) is 10.7. The molecule has 0 fully saturated rings. The van der Waals surface area contributed by atoms with Crippen molar-refractivity contribution in [3.63, 3.8) is 0 Å². The summed E-state index contributed by atoms with van der Waals surface area (Å²) in [5.74, 6) is 1.53. The molecule has 1 aromatic heterocycles. The number of nitrogens with zero attached hydrogens (tertiary/aromatic N) is 3. The van der Waals surface area contributed by atoms with Crippen LogP contribution in [0.5, 0.6) is 0 Å². The molecule has 4 nitrogen and oxygen atoms in total. The number of aromatic nitrogens is 3. The summed E-state index contributed by atoms with van der Waals surface area (Å²) in [5.41, 5.74) is 3.66. The average Bonchev–Trinajstić information content (AvgIpc) is 2.64. The van der Waals surface area contributed by atoms with Crippen molar-refractivity contribution in [1.29, 1.82) is 0 Å². The van der Waals surface area contributed by atoms with Crippen LogP contribution in [-0.2, 0) is 7.05 Å².